The van der Waals surface area contributed by atoms with Gasteiger partial charge in [-0.15, -0.1) is 0 Å². The van der Waals surface area contributed by atoms with Crippen molar-refractivity contribution < 1.29 is 19.0 Å². The highest BCUT2D eigenvalue weighted by atomic mass is 35.5. The molecule has 0 spiro atoms. The Labute approximate surface area is 238 Å². The molecule has 0 bridgehead atoms. The molecule has 0 radical (unpaired) electrons. The highest BCUT2D eigenvalue weighted by Gasteiger charge is 2.29. The standard InChI is InChI=1S/C29H37ClFN5O4/c1-15(2)36-23(11-35-16(3)12-40-13-17(35)4)18(5)28(38)20-7-6-19(25(30)27(20)36)26-21(31)10-32-29(34-26)33-22-8-9-39-14-24(22)37/h6-7,10,15-17,22,24,37H,8-9,11-14H2,1-5H3,(H,32,33,34)/t16-,17-,22+,24+/m0/s1. The lowest BCUT2D eigenvalue weighted by Crippen LogP contribution is -2.49. The zero-order valence-corrected chi connectivity index (χ0v) is 24.3. The molecule has 0 unspecified atom stereocenters. The van der Waals surface area contributed by atoms with Gasteiger partial charge in [0.15, 0.2) is 11.2 Å². The van der Waals surface area contributed by atoms with Gasteiger partial charge in [-0.1, -0.05) is 17.7 Å². The fourth-order valence-electron chi connectivity index (χ4n) is 5.78. The molecule has 5 rings (SSSR count). The molecule has 0 amide bonds. The number of aliphatic hydroxyl groups excluding tert-OH is 1. The SMILES string of the molecule is Cc1c(CN2[C@@H](C)COC[C@@H]2C)n(C(C)C)c2c(Cl)c(-c3nc(N[C@@H]4CCOC[C@H]4O)ncc3F)ccc2c1=O. The van der Waals surface area contributed by atoms with Crippen molar-refractivity contribution in [3.63, 3.8) is 0 Å². The quantitative estimate of drug-likeness (QED) is 0.450. The molecular weight excluding hydrogens is 537 g/mol. The van der Waals surface area contributed by atoms with E-state index in [0.29, 0.717) is 54.8 Å². The summed E-state index contributed by atoms with van der Waals surface area (Å²) in [6, 6.07) is 3.36. The number of anilines is 1. The molecule has 4 atom stereocenters. The molecule has 216 valence electrons. The first-order valence-electron chi connectivity index (χ1n) is 13.8. The number of hydrogen-bond donors (Lipinski definition) is 2. The molecule has 2 aliphatic heterocycles. The summed E-state index contributed by atoms with van der Waals surface area (Å²) in [7, 11) is 0. The number of morpholine rings is 1. The summed E-state index contributed by atoms with van der Waals surface area (Å²) in [5.74, 6) is -0.458. The van der Waals surface area contributed by atoms with E-state index < -0.39 is 11.9 Å². The highest BCUT2D eigenvalue weighted by molar-refractivity contribution is 6.37. The van der Waals surface area contributed by atoms with Gasteiger partial charge in [-0.25, -0.2) is 14.4 Å². The van der Waals surface area contributed by atoms with E-state index in [9.17, 15) is 9.90 Å². The molecule has 2 saturated heterocycles. The Hall–Kier alpha value is -2.63. The van der Waals surface area contributed by atoms with Gasteiger partial charge in [-0.3, -0.25) is 9.69 Å². The summed E-state index contributed by atoms with van der Waals surface area (Å²) in [5.41, 5.74) is 2.40. The zero-order valence-electron chi connectivity index (χ0n) is 23.6. The Morgan fingerprint density at radius 3 is 2.60 bits per heavy atom. The summed E-state index contributed by atoms with van der Waals surface area (Å²) in [5, 5.41) is 14.1. The van der Waals surface area contributed by atoms with Crippen LogP contribution in [0.25, 0.3) is 22.2 Å². The van der Waals surface area contributed by atoms with E-state index in [0.717, 1.165) is 11.9 Å². The minimum atomic E-state index is -0.728. The smallest absolute Gasteiger partial charge is 0.223 e. The predicted molar refractivity (Wildman–Crippen MR) is 153 cm³/mol. The van der Waals surface area contributed by atoms with Gasteiger partial charge in [0.05, 0.1) is 48.7 Å². The van der Waals surface area contributed by atoms with Crippen LogP contribution in [0, 0.1) is 12.7 Å². The van der Waals surface area contributed by atoms with E-state index in [1.54, 1.807) is 12.1 Å². The molecule has 2 fully saturated rings. The normalized spacial score (nSPS) is 24.1. The first-order chi connectivity index (χ1) is 19.1. The fraction of sp³-hybridized carbons (Fsp3) is 0.552. The minimum absolute atomic E-state index is 0.0197. The second-order valence-electron chi connectivity index (χ2n) is 11.2. The van der Waals surface area contributed by atoms with Crippen molar-refractivity contribution in [3.05, 3.63) is 50.7 Å². The average molecular weight is 574 g/mol. The minimum Gasteiger partial charge on any atom is -0.389 e. The molecule has 2 aromatic heterocycles. The predicted octanol–water partition coefficient (Wildman–Crippen LogP) is 4.31. The molecule has 0 aliphatic carbocycles. The number of benzene rings is 1. The largest absolute Gasteiger partial charge is 0.389 e. The van der Waals surface area contributed by atoms with Crippen molar-refractivity contribution in [2.45, 2.75) is 77.9 Å². The van der Waals surface area contributed by atoms with E-state index >= 15 is 4.39 Å². The maximum Gasteiger partial charge on any atom is 0.223 e. The second kappa shape index (κ2) is 11.7. The van der Waals surface area contributed by atoms with E-state index in [1.165, 1.54) is 0 Å². The summed E-state index contributed by atoms with van der Waals surface area (Å²) >= 11 is 7.06. The third kappa shape index (κ3) is 5.35. The van der Waals surface area contributed by atoms with Crippen molar-refractivity contribution in [2.75, 3.05) is 31.7 Å². The lowest BCUT2D eigenvalue weighted by molar-refractivity contribution is -0.0420. The third-order valence-electron chi connectivity index (χ3n) is 8.01. The summed E-state index contributed by atoms with van der Waals surface area (Å²) in [6.07, 6.45) is 0.930. The van der Waals surface area contributed by atoms with Gasteiger partial charge >= 0.3 is 0 Å². The summed E-state index contributed by atoms with van der Waals surface area (Å²) < 4.78 is 28.3. The Morgan fingerprint density at radius 2 is 1.93 bits per heavy atom. The molecule has 11 heteroatoms. The Bertz CT molecular complexity index is 1450. The van der Waals surface area contributed by atoms with Crippen LogP contribution in [0.4, 0.5) is 10.3 Å². The lowest BCUT2D eigenvalue weighted by Gasteiger charge is -2.40. The Balaban J connectivity index is 1.64. The maximum absolute atomic E-state index is 15.2. The van der Waals surface area contributed by atoms with E-state index in [2.05, 4.69) is 52.4 Å². The van der Waals surface area contributed by atoms with Crippen molar-refractivity contribution in [1.29, 1.82) is 0 Å². The number of nitrogens with one attached hydrogen (secondary N) is 1. The first-order valence-corrected chi connectivity index (χ1v) is 14.2. The van der Waals surface area contributed by atoms with E-state index in [4.69, 9.17) is 21.1 Å². The number of hydrogen-bond acceptors (Lipinski definition) is 8. The number of rotatable bonds is 6. The molecule has 3 aromatic rings. The lowest BCUT2D eigenvalue weighted by atomic mass is 10.0. The van der Waals surface area contributed by atoms with Gasteiger partial charge in [0.25, 0.3) is 0 Å². The average Bonchev–Trinajstić information content (AvgIpc) is 2.91. The van der Waals surface area contributed by atoms with Crippen LogP contribution in [-0.2, 0) is 16.0 Å². The van der Waals surface area contributed by atoms with Crippen LogP contribution in [0.3, 0.4) is 0 Å². The molecule has 40 heavy (non-hydrogen) atoms. The van der Waals surface area contributed by atoms with Crippen LogP contribution in [0.1, 0.15) is 51.4 Å². The van der Waals surface area contributed by atoms with Crippen LogP contribution < -0.4 is 10.7 Å². The van der Waals surface area contributed by atoms with E-state index in [1.807, 2.05) is 6.92 Å². The highest BCUT2D eigenvalue weighted by Crippen LogP contribution is 2.37. The first kappa shape index (κ1) is 28.9. The van der Waals surface area contributed by atoms with Gasteiger partial charge in [0.1, 0.15) is 5.69 Å². The van der Waals surface area contributed by atoms with Crippen LogP contribution in [0.15, 0.2) is 23.1 Å². The molecule has 0 saturated carbocycles. The van der Waals surface area contributed by atoms with Crippen LogP contribution in [0.2, 0.25) is 5.02 Å². The van der Waals surface area contributed by atoms with Crippen LogP contribution in [-0.4, -0.2) is 75.2 Å². The fourth-order valence-corrected chi connectivity index (χ4v) is 6.13. The van der Waals surface area contributed by atoms with Crippen molar-refractivity contribution in [3.8, 4) is 11.3 Å². The number of pyridine rings is 1. The van der Waals surface area contributed by atoms with Gasteiger partial charge < -0.3 is 24.5 Å². The third-order valence-corrected chi connectivity index (χ3v) is 8.39. The van der Waals surface area contributed by atoms with Crippen molar-refractivity contribution in [1.82, 2.24) is 19.4 Å². The number of aromatic nitrogens is 3. The number of nitrogens with zero attached hydrogens (tertiary/aromatic N) is 4. The van der Waals surface area contributed by atoms with Crippen LogP contribution in [0.5, 0.6) is 0 Å². The number of aliphatic hydroxyl groups is 1. The van der Waals surface area contributed by atoms with Crippen LogP contribution >= 0.6 is 11.6 Å². The summed E-state index contributed by atoms with van der Waals surface area (Å²) in [4.78, 5) is 24.5. The van der Waals surface area contributed by atoms with Crippen molar-refractivity contribution in [2.24, 2.45) is 0 Å². The Kier molecular flexibility index (Phi) is 8.45. The molecule has 2 N–H and O–H groups in total. The number of ether oxygens (including phenoxy) is 2. The summed E-state index contributed by atoms with van der Waals surface area (Å²) in [6.45, 7) is 12.7. The molecule has 2 aliphatic rings. The van der Waals surface area contributed by atoms with Gasteiger partial charge in [-0.05, 0) is 47.1 Å². The van der Waals surface area contributed by atoms with E-state index in [-0.39, 0.29) is 52.9 Å². The monoisotopic (exact) mass is 573 g/mol. The number of halogens is 2. The molecule has 9 nitrogen and oxygen atoms in total. The topological polar surface area (TPSA) is 102 Å². The number of fused-ring (bicyclic) bond motifs is 1. The van der Waals surface area contributed by atoms with Gasteiger partial charge in [-0.2, -0.15) is 0 Å². The van der Waals surface area contributed by atoms with Gasteiger partial charge in [0, 0.05) is 53.5 Å². The molecular formula is C29H37ClFN5O4. The Morgan fingerprint density at radius 1 is 1.20 bits per heavy atom. The van der Waals surface area contributed by atoms with Gasteiger partial charge in [0.2, 0.25) is 5.95 Å². The van der Waals surface area contributed by atoms with Crippen molar-refractivity contribution >= 4 is 28.5 Å². The molecule has 1 aromatic carbocycles. The molecule has 4 heterocycles. The second-order valence-corrected chi connectivity index (χ2v) is 11.5. The maximum atomic E-state index is 15.2. The zero-order chi connectivity index (χ0) is 28.7.